The van der Waals surface area contributed by atoms with Crippen LogP contribution in [0.1, 0.15) is 22.3 Å². The second-order valence-corrected chi connectivity index (χ2v) is 4.27. The van der Waals surface area contributed by atoms with Crippen molar-refractivity contribution in [2.24, 2.45) is 0 Å². The van der Waals surface area contributed by atoms with E-state index in [9.17, 15) is 4.79 Å². The van der Waals surface area contributed by atoms with E-state index < -0.39 is 0 Å². The Morgan fingerprint density at radius 1 is 1.42 bits per heavy atom. The maximum Gasteiger partial charge on any atom is 0.270 e. The smallest absolute Gasteiger partial charge is 0.270 e. The second-order valence-electron chi connectivity index (χ2n) is 4.27. The van der Waals surface area contributed by atoms with Crippen LogP contribution in [0.5, 0.6) is 5.75 Å². The van der Waals surface area contributed by atoms with E-state index in [0.29, 0.717) is 24.5 Å². The molecule has 0 radical (unpaired) electrons. The molecular weight excluding hydrogens is 244 g/mol. The molecule has 0 atom stereocenters. The van der Waals surface area contributed by atoms with E-state index in [1.165, 1.54) is 0 Å². The predicted molar refractivity (Wildman–Crippen MR) is 71.9 cm³/mol. The lowest BCUT2D eigenvalue weighted by molar-refractivity contribution is 0.0932. The number of hydrogen-bond donors (Lipinski definition) is 2. The van der Waals surface area contributed by atoms with Crippen LogP contribution in [0.4, 0.5) is 0 Å². The maximum absolute atomic E-state index is 12.1. The number of methoxy groups -OCH3 is 1. The van der Waals surface area contributed by atoms with Crippen LogP contribution in [0, 0.1) is 6.92 Å². The number of rotatable bonds is 4. The molecule has 0 saturated heterocycles. The highest BCUT2D eigenvalue weighted by Gasteiger charge is 2.12. The predicted octanol–water partition coefficient (Wildman–Crippen LogP) is 1.54. The SMILES string of the molecule is COc1cccc(C(=O)NNC2=CCOCC2)c1C. The van der Waals surface area contributed by atoms with Gasteiger partial charge in [0.05, 0.1) is 20.3 Å². The van der Waals surface area contributed by atoms with Gasteiger partial charge in [0, 0.05) is 23.2 Å². The fourth-order valence-electron chi connectivity index (χ4n) is 1.93. The molecule has 0 bridgehead atoms. The molecule has 2 rings (SSSR count). The largest absolute Gasteiger partial charge is 0.496 e. The van der Waals surface area contributed by atoms with Crippen LogP contribution in [0.15, 0.2) is 30.0 Å². The summed E-state index contributed by atoms with van der Waals surface area (Å²) in [4.78, 5) is 12.1. The van der Waals surface area contributed by atoms with E-state index >= 15 is 0 Å². The Hall–Kier alpha value is -2.01. The molecule has 1 aromatic carbocycles. The zero-order chi connectivity index (χ0) is 13.7. The molecule has 1 aliphatic rings. The quantitative estimate of drug-likeness (QED) is 0.808. The molecule has 0 fully saturated rings. The average Bonchev–Trinajstić information content (AvgIpc) is 2.46. The number of benzene rings is 1. The van der Waals surface area contributed by atoms with Crippen molar-refractivity contribution < 1.29 is 14.3 Å². The maximum atomic E-state index is 12.1. The van der Waals surface area contributed by atoms with Gasteiger partial charge < -0.3 is 14.9 Å². The second kappa shape index (κ2) is 6.24. The van der Waals surface area contributed by atoms with Crippen LogP contribution in [0.2, 0.25) is 0 Å². The minimum Gasteiger partial charge on any atom is -0.496 e. The van der Waals surface area contributed by atoms with Crippen molar-refractivity contribution in [3.63, 3.8) is 0 Å². The molecule has 0 aliphatic carbocycles. The highest BCUT2D eigenvalue weighted by Crippen LogP contribution is 2.20. The zero-order valence-electron chi connectivity index (χ0n) is 11.2. The van der Waals surface area contributed by atoms with Crippen molar-refractivity contribution in [2.75, 3.05) is 20.3 Å². The number of hydrogen-bond acceptors (Lipinski definition) is 4. The van der Waals surface area contributed by atoms with Gasteiger partial charge in [-0.3, -0.25) is 10.2 Å². The van der Waals surface area contributed by atoms with E-state index in [1.807, 2.05) is 19.1 Å². The van der Waals surface area contributed by atoms with Gasteiger partial charge in [0.15, 0.2) is 0 Å². The van der Waals surface area contributed by atoms with Crippen LogP contribution < -0.4 is 15.6 Å². The van der Waals surface area contributed by atoms with Crippen molar-refractivity contribution in [2.45, 2.75) is 13.3 Å². The lowest BCUT2D eigenvalue weighted by atomic mass is 10.1. The summed E-state index contributed by atoms with van der Waals surface area (Å²) in [6, 6.07) is 5.40. The number of carbonyl (C=O) groups is 1. The fourth-order valence-corrected chi connectivity index (χ4v) is 1.93. The summed E-state index contributed by atoms with van der Waals surface area (Å²) >= 11 is 0. The number of amides is 1. The standard InChI is InChI=1S/C14H18N2O3/c1-10-12(4-3-5-13(10)18-2)14(17)16-15-11-6-8-19-9-7-11/h3-6,15H,7-9H2,1-2H3,(H,16,17). The van der Waals surface area contributed by atoms with Crippen molar-refractivity contribution in [1.29, 1.82) is 0 Å². The van der Waals surface area contributed by atoms with Crippen molar-refractivity contribution in [3.8, 4) is 5.75 Å². The molecule has 1 heterocycles. The first kappa shape index (κ1) is 13.4. The molecule has 5 nitrogen and oxygen atoms in total. The van der Waals surface area contributed by atoms with Crippen LogP contribution in [-0.4, -0.2) is 26.2 Å². The van der Waals surface area contributed by atoms with Gasteiger partial charge in [0.2, 0.25) is 0 Å². The van der Waals surface area contributed by atoms with E-state index in [0.717, 1.165) is 17.7 Å². The lowest BCUT2D eigenvalue weighted by Crippen LogP contribution is -2.38. The van der Waals surface area contributed by atoms with Gasteiger partial charge in [0.25, 0.3) is 5.91 Å². The summed E-state index contributed by atoms with van der Waals surface area (Å²) in [5.74, 6) is 0.529. The molecule has 1 aliphatic heterocycles. The summed E-state index contributed by atoms with van der Waals surface area (Å²) in [5.41, 5.74) is 8.01. The summed E-state index contributed by atoms with van der Waals surface area (Å²) in [7, 11) is 1.59. The van der Waals surface area contributed by atoms with E-state index in [-0.39, 0.29) is 5.91 Å². The lowest BCUT2D eigenvalue weighted by Gasteiger charge is -2.17. The fraction of sp³-hybridized carbons (Fsp3) is 0.357. The minimum absolute atomic E-state index is 0.177. The van der Waals surface area contributed by atoms with Crippen LogP contribution >= 0.6 is 0 Å². The molecule has 0 saturated carbocycles. The first-order chi connectivity index (χ1) is 9.22. The molecular formula is C14H18N2O3. The van der Waals surface area contributed by atoms with Gasteiger partial charge >= 0.3 is 0 Å². The summed E-state index contributed by atoms with van der Waals surface area (Å²) in [6.45, 7) is 3.12. The topological polar surface area (TPSA) is 59.6 Å². The normalized spacial score (nSPS) is 14.5. The van der Waals surface area contributed by atoms with Gasteiger partial charge in [-0.1, -0.05) is 6.07 Å². The molecule has 0 unspecified atom stereocenters. The average molecular weight is 262 g/mol. The Bertz CT molecular complexity index is 497. The first-order valence-corrected chi connectivity index (χ1v) is 6.19. The Balaban J connectivity index is 2.01. The Labute approximate surface area is 112 Å². The van der Waals surface area contributed by atoms with Crippen molar-refractivity contribution >= 4 is 5.91 Å². The van der Waals surface area contributed by atoms with Crippen molar-refractivity contribution in [3.05, 3.63) is 41.1 Å². The summed E-state index contributed by atoms with van der Waals surface area (Å²) in [5, 5.41) is 0. The molecule has 1 aromatic rings. The molecule has 2 N–H and O–H groups in total. The zero-order valence-corrected chi connectivity index (χ0v) is 11.2. The van der Waals surface area contributed by atoms with E-state index in [1.54, 1.807) is 19.2 Å². The van der Waals surface area contributed by atoms with Gasteiger partial charge in [-0.25, -0.2) is 0 Å². The third-order valence-electron chi connectivity index (χ3n) is 3.05. The van der Waals surface area contributed by atoms with Crippen LogP contribution in [0.25, 0.3) is 0 Å². The van der Waals surface area contributed by atoms with Gasteiger partial charge in [-0.15, -0.1) is 0 Å². The van der Waals surface area contributed by atoms with Crippen LogP contribution in [-0.2, 0) is 4.74 Å². The molecule has 0 aromatic heterocycles. The number of nitrogens with one attached hydrogen (secondary N) is 2. The molecule has 0 spiro atoms. The van der Waals surface area contributed by atoms with Crippen molar-refractivity contribution in [1.82, 2.24) is 10.9 Å². The highest BCUT2D eigenvalue weighted by atomic mass is 16.5. The molecule has 5 heteroatoms. The Morgan fingerprint density at radius 2 is 2.26 bits per heavy atom. The monoisotopic (exact) mass is 262 g/mol. The third kappa shape index (κ3) is 3.26. The van der Waals surface area contributed by atoms with Gasteiger partial charge in [-0.2, -0.15) is 0 Å². The van der Waals surface area contributed by atoms with Crippen LogP contribution in [0.3, 0.4) is 0 Å². The highest BCUT2D eigenvalue weighted by molar-refractivity contribution is 5.96. The third-order valence-corrected chi connectivity index (χ3v) is 3.05. The number of ether oxygens (including phenoxy) is 2. The molecule has 1 amide bonds. The summed E-state index contributed by atoms with van der Waals surface area (Å²) < 4.78 is 10.4. The first-order valence-electron chi connectivity index (χ1n) is 6.19. The minimum atomic E-state index is -0.177. The van der Waals surface area contributed by atoms with Gasteiger partial charge in [-0.05, 0) is 25.1 Å². The van der Waals surface area contributed by atoms with E-state index in [4.69, 9.17) is 9.47 Å². The molecule has 102 valence electrons. The Kier molecular flexibility index (Phi) is 4.41. The van der Waals surface area contributed by atoms with E-state index in [2.05, 4.69) is 10.9 Å². The summed E-state index contributed by atoms with van der Waals surface area (Å²) in [6.07, 6.45) is 2.69. The Morgan fingerprint density at radius 3 is 2.95 bits per heavy atom. The van der Waals surface area contributed by atoms with Gasteiger partial charge in [0.1, 0.15) is 5.75 Å². The molecule has 19 heavy (non-hydrogen) atoms. The number of carbonyl (C=O) groups excluding carboxylic acids is 1. The number of hydrazine groups is 1.